The maximum Gasteiger partial charge on any atom is 0.238 e. The third kappa shape index (κ3) is 2.51. The van der Waals surface area contributed by atoms with Crippen LogP contribution in [-0.2, 0) is 0 Å². The van der Waals surface area contributed by atoms with Gasteiger partial charge in [-0.25, -0.2) is 4.39 Å². The summed E-state index contributed by atoms with van der Waals surface area (Å²) in [7, 11) is 1.50. The molecule has 2 aromatic rings. The first kappa shape index (κ1) is 12.2. The Bertz CT molecular complexity index is 572. The van der Waals surface area contributed by atoms with Gasteiger partial charge in [0.25, 0.3) is 0 Å². The largest absolute Gasteiger partial charge is 0.479 e. The molecule has 0 unspecified atom stereocenters. The van der Waals surface area contributed by atoms with Gasteiger partial charge in [-0.1, -0.05) is 6.07 Å². The molecule has 0 aliphatic carbocycles. The highest BCUT2D eigenvalue weighted by atomic mass is 19.1. The molecule has 0 bridgehead atoms. The minimum atomic E-state index is -0.300. The summed E-state index contributed by atoms with van der Waals surface area (Å²) in [5, 5.41) is 3.03. The number of nitrogens with zero attached hydrogens (tertiary/aromatic N) is 1. The number of methoxy groups -OCH3 is 1. The van der Waals surface area contributed by atoms with Gasteiger partial charge in [0.05, 0.1) is 12.8 Å². The number of nitrogen functional groups attached to an aromatic ring is 1. The van der Waals surface area contributed by atoms with Crippen LogP contribution in [0.3, 0.4) is 0 Å². The maximum atomic E-state index is 13.2. The van der Waals surface area contributed by atoms with Crippen LogP contribution in [0.4, 0.5) is 21.6 Å². The van der Waals surface area contributed by atoms with E-state index in [-0.39, 0.29) is 5.82 Å². The third-order valence-electron chi connectivity index (χ3n) is 2.55. The first-order chi connectivity index (χ1) is 8.60. The number of aryl methyl sites for hydroxylation is 1. The van der Waals surface area contributed by atoms with Gasteiger partial charge in [0.2, 0.25) is 5.88 Å². The second-order valence-corrected chi connectivity index (χ2v) is 3.88. The number of nitrogens with two attached hydrogens (primary N) is 1. The first-order valence-corrected chi connectivity index (χ1v) is 5.44. The zero-order valence-corrected chi connectivity index (χ0v) is 10.2. The summed E-state index contributed by atoms with van der Waals surface area (Å²) in [6, 6.07) is 7.93. The topological polar surface area (TPSA) is 60.2 Å². The molecule has 18 heavy (non-hydrogen) atoms. The van der Waals surface area contributed by atoms with E-state index in [0.717, 1.165) is 5.56 Å². The molecule has 2 rings (SSSR count). The molecule has 0 amide bonds. The molecule has 0 fully saturated rings. The number of hydrogen-bond acceptors (Lipinski definition) is 4. The fraction of sp³-hybridized carbons (Fsp3) is 0.154. The number of nitrogens with one attached hydrogen (secondary N) is 1. The molecule has 94 valence electrons. The van der Waals surface area contributed by atoms with E-state index in [0.29, 0.717) is 23.1 Å². The number of benzene rings is 1. The predicted molar refractivity (Wildman–Crippen MR) is 69.6 cm³/mol. The van der Waals surface area contributed by atoms with Crippen molar-refractivity contribution >= 4 is 17.2 Å². The number of hydrogen-bond donors (Lipinski definition) is 2. The molecule has 1 aromatic heterocycles. The summed E-state index contributed by atoms with van der Waals surface area (Å²) in [6.07, 6.45) is 0. The molecular formula is C13H14FN3O. The van der Waals surface area contributed by atoms with Crippen molar-refractivity contribution in [3.05, 3.63) is 41.7 Å². The van der Waals surface area contributed by atoms with Crippen LogP contribution in [0.25, 0.3) is 0 Å². The van der Waals surface area contributed by atoms with Gasteiger partial charge in [0, 0.05) is 5.69 Å². The number of aromatic nitrogens is 1. The second-order valence-electron chi connectivity index (χ2n) is 3.88. The van der Waals surface area contributed by atoms with E-state index in [1.165, 1.54) is 19.2 Å². The van der Waals surface area contributed by atoms with Crippen LogP contribution in [-0.4, -0.2) is 12.1 Å². The average molecular weight is 247 g/mol. The molecule has 0 radical (unpaired) electrons. The molecule has 0 saturated heterocycles. The average Bonchev–Trinajstić information content (AvgIpc) is 2.36. The number of halogens is 1. The summed E-state index contributed by atoms with van der Waals surface area (Å²) in [5.41, 5.74) is 7.72. The molecule has 5 heteroatoms. The molecule has 0 atom stereocenters. The standard InChI is InChI=1S/C13H14FN3O/c1-8-3-4-9(14)7-11(8)16-12-6-5-10(15)13(17-12)18-2/h3-7H,15H2,1-2H3,(H,16,17). The summed E-state index contributed by atoms with van der Waals surface area (Å²) in [4.78, 5) is 4.18. The Balaban J connectivity index is 2.31. The monoisotopic (exact) mass is 247 g/mol. The molecule has 1 aromatic carbocycles. The van der Waals surface area contributed by atoms with Gasteiger partial charge in [-0.2, -0.15) is 4.98 Å². The van der Waals surface area contributed by atoms with E-state index >= 15 is 0 Å². The normalized spacial score (nSPS) is 10.2. The van der Waals surface area contributed by atoms with Crippen molar-refractivity contribution in [3.8, 4) is 5.88 Å². The van der Waals surface area contributed by atoms with Crippen molar-refractivity contribution in [1.82, 2.24) is 4.98 Å². The van der Waals surface area contributed by atoms with Gasteiger partial charge in [-0.05, 0) is 36.8 Å². The van der Waals surface area contributed by atoms with Crippen LogP contribution in [0, 0.1) is 12.7 Å². The van der Waals surface area contributed by atoms with Crippen LogP contribution in [0.15, 0.2) is 30.3 Å². The van der Waals surface area contributed by atoms with Crippen molar-refractivity contribution in [3.63, 3.8) is 0 Å². The van der Waals surface area contributed by atoms with Crippen molar-refractivity contribution in [2.75, 3.05) is 18.2 Å². The van der Waals surface area contributed by atoms with E-state index in [1.807, 2.05) is 6.92 Å². The lowest BCUT2D eigenvalue weighted by atomic mass is 10.2. The number of rotatable bonds is 3. The summed E-state index contributed by atoms with van der Waals surface area (Å²) in [5.74, 6) is 0.592. The Morgan fingerprint density at radius 3 is 2.78 bits per heavy atom. The smallest absolute Gasteiger partial charge is 0.238 e. The summed E-state index contributed by atoms with van der Waals surface area (Å²) < 4.78 is 18.2. The van der Waals surface area contributed by atoms with E-state index < -0.39 is 0 Å². The minimum absolute atomic E-state index is 0.300. The third-order valence-corrected chi connectivity index (χ3v) is 2.55. The fourth-order valence-electron chi connectivity index (χ4n) is 1.55. The molecule has 4 nitrogen and oxygen atoms in total. The highest BCUT2D eigenvalue weighted by Crippen LogP contribution is 2.24. The quantitative estimate of drug-likeness (QED) is 0.875. The lowest BCUT2D eigenvalue weighted by Gasteiger charge is -2.10. The zero-order valence-electron chi connectivity index (χ0n) is 10.2. The summed E-state index contributed by atoms with van der Waals surface area (Å²) in [6.45, 7) is 1.89. The van der Waals surface area contributed by atoms with Crippen molar-refractivity contribution in [1.29, 1.82) is 0 Å². The van der Waals surface area contributed by atoms with Gasteiger partial charge >= 0.3 is 0 Å². The van der Waals surface area contributed by atoms with Crippen molar-refractivity contribution in [2.24, 2.45) is 0 Å². The Kier molecular flexibility index (Phi) is 3.32. The number of anilines is 3. The second kappa shape index (κ2) is 4.91. The van der Waals surface area contributed by atoms with Gasteiger partial charge in [0.1, 0.15) is 11.6 Å². The lowest BCUT2D eigenvalue weighted by Crippen LogP contribution is -2.00. The number of ether oxygens (including phenoxy) is 1. The van der Waals surface area contributed by atoms with Gasteiger partial charge in [-0.15, -0.1) is 0 Å². The number of pyridine rings is 1. The Labute approximate surface area is 105 Å². The first-order valence-electron chi connectivity index (χ1n) is 5.44. The Morgan fingerprint density at radius 2 is 2.06 bits per heavy atom. The molecule has 0 spiro atoms. The van der Waals surface area contributed by atoms with Crippen LogP contribution >= 0.6 is 0 Å². The Morgan fingerprint density at radius 1 is 1.28 bits per heavy atom. The van der Waals surface area contributed by atoms with Crippen LogP contribution in [0.1, 0.15) is 5.56 Å². The maximum absolute atomic E-state index is 13.2. The van der Waals surface area contributed by atoms with Gasteiger partial charge in [-0.3, -0.25) is 0 Å². The van der Waals surface area contributed by atoms with Crippen LogP contribution in [0.2, 0.25) is 0 Å². The highest BCUT2D eigenvalue weighted by Gasteiger charge is 2.05. The molecule has 0 aliphatic heterocycles. The lowest BCUT2D eigenvalue weighted by molar-refractivity contribution is 0.401. The molecule has 3 N–H and O–H groups in total. The van der Waals surface area contributed by atoms with E-state index in [4.69, 9.17) is 10.5 Å². The van der Waals surface area contributed by atoms with E-state index in [9.17, 15) is 4.39 Å². The van der Waals surface area contributed by atoms with Gasteiger partial charge < -0.3 is 15.8 Å². The van der Waals surface area contributed by atoms with E-state index in [1.54, 1.807) is 18.2 Å². The molecular weight excluding hydrogens is 233 g/mol. The fourth-order valence-corrected chi connectivity index (χ4v) is 1.55. The predicted octanol–water partition coefficient (Wildman–Crippen LogP) is 2.86. The molecule has 0 saturated carbocycles. The van der Waals surface area contributed by atoms with Gasteiger partial charge in [0.15, 0.2) is 0 Å². The van der Waals surface area contributed by atoms with Crippen LogP contribution < -0.4 is 15.8 Å². The van der Waals surface area contributed by atoms with Crippen molar-refractivity contribution < 1.29 is 9.13 Å². The van der Waals surface area contributed by atoms with Crippen LogP contribution in [0.5, 0.6) is 5.88 Å². The minimum Gasteiger partial charge on any atom is -0.479 e. The molecule has 1 heterocycles. The zero-order chi connectivity index (χ0) is 13.1. The Hall–Kier alpha value is -2.30. The van der Waals surface area contributed by atoms with E-state index in [2.05, 4.69) is 10.3 Å². The SMILES string of the molecule is COc1nc(Nc2cc(F)ccc2C)ccc1N. The molecule has 0 aliphatic rings. The van der Waals surface area contributed by atoms with Crippen molar-refractivity contribution in [2.45, 2.75) is 6.92 Å². The summed E-state index contributed by atoms with van der Waals surface area (Å²) >= 11 is 0. The highest BCUT2D eigenvalue weighted by molar-refractivity contribution is 5.63.